The molecule has 3 atom stereocenters. The summed E-state index contributed by atoms with van der Waals surface area (Å²) in [6, 6.07) is 8.83. The molecule has 0 unspecified atom stereocenters. The van der Waals surface area contributed by atoms with Crippen LogP contribution in [0.2, 0.25) is 0 Å². The second-order valence-corrected chi connectivity index (χ2v) is 6.04. The van der Waals surface area contributed by atoms with Crippen LogP contribution in [-0.2, 0) is 4.74 Å². The molecule has 0 aromatic heterocycles. The molecule has 0 saturated heterocycles. The molecule has 0 saturated carbocycles. The van der Waals surface area contributed by atoms with Gasteiger partial charge in [-0.3, -0.25) is 5.43 Å². The molecule has 0 radical (unpaired) electrons. The number of hydrogen-bond acceptors (Lipinski definition) is 6. The third kappa shape index (κ3) is 2.84. The molecule has 0 bridgehead atoms. The lowest BCUT2D eigenvalue weighted by atomic mass is 9.76. The molecular formula is C16H16F3N5O. The number of nitrogens with one attached hydrogen (secondary N) is 1. The fourth-order valence-electron chi connectivity index (χ4n) is 3.13. The van der Waals surface area contributed by atoms with E-state index in [1.807, 2.05) is 25.1 Å². The van der Waals surface area contributed by atoms with E-state index in [1.165, 1.54) is 0 Å². The maximum absolute atomic E-state index is 13.4. The number of fused-ring (bicyclic) bond motifs is 1. The van der Waals surface area contributed by atoms with E-state index in [4.69, 9.17) is 10.5 Å². The maximum atomic E-state index is 13.4. The van der Waals surface area contributed by atoms with Gasteiger partial charge in [0.05, 0.1) is 11.5 Å². The van der Waals surface area contributed by atoms with Crippen LogP contribution in [0.4, 0.5) is 18.9 Å². The lowest BCUT2D eigenvalue weighted by Gasteiger charge is -2.34. The summed E-state index contributed by atoms with van der Waals surface area (Å²) >= 11 is 0. The van der Waals surface area contributed by atoms with Crippen LogP contribution in [-0.4, -0.2) is 32.2 Å². The number of hydrogen-bond donors (Lipinski definition) is 2. The maximum Gasteiger partial charge on any atom is 0.431 e. The van der Waals surface area contributed by atoms with Gasteiger partial charge in [0.15, 0.2) is 11.9 Å². The Kier molecular flexibility index (Phi) is 3.99. The van der Waals surface area contributed by atoms with Gasteiger partial charge in [0.2, 0.25) is 5.88 Å². The number of nitrogens with two attached hydrogens (primary N) is 1. The van der Waals surface area contributed by atoms with Gasteiger partial charge in [-0.15, -0.1) is 0 Å². The van der Waals surface area contributed by atoms with Crippen molar-refractivity contribution in [2.75, 3.05) is 19.0 Å². The number of nitrogens with zero attached hydrogens (tertiary/aromatic N) is 3. The summed E-state index contributed by atoms with van der Waals surface area (Å²) in [5.41, 5.74) is 8.50. The number of ether oxygens (including phenoxy) is 1. The first-order valence-electron chi connectivity index (χ1n) is 7.48. The van der Waals surface area contributed by atoms with Gasteiger partial charge in [-0.05, 0) is 17.7 Å². The minimum Gasteiger partial charge on any atom is -0.453 e. The number of anilines is 1. The van der Waals surface area contributed by atoms with Crippen LogP contribution in [0.15, 0.2) is 40.8 Å². The Hall–Kier alpha value is -2.89. The van der Waals surface area contributed by atoms with Crippen molar-refractivity contribution in [2.24, 2.45) is 16.8 Å². The third-order valence-electron chi connectivity index (χ3n) is 4.32. The Morgan fingerprint density at radius 1 is 1.28 bits per heavy atom. The van der Waals surface area contributed by atoms with Crippen LogP contribution in [0.3, 0.4) is 0 Å². The van der Waals surface area contributed by atoms with E-state index in [9.17, 15) is 18.4 Å². The Labute approximate surface area is 142 Å². The Balaban J connectivity index is 2.09. The summed E-state index contributed by atoms with van der Waals surface area (Å²) in [6.45, 7) is 0. The van der Waals surface area contributed by atoms with Gasteiger partial charge in [-0.2, -0.15) is 23.5 Å². The quantitative estimate of drug-likeness (QED) is 0.851. The SMILES string of the molecule is CN(C)c1ccc([C@H]2C(C#N)=C(N)O[C@@H]3NN=C(C(F)(F)F)[C@@H]23)cc1. The van der Waals surface area contributed by atoms with Gasteiger partial charge in [-0.25, -0.2) is 0 Å². The Morgan fingerprint density at radius 2 is 1.92 bits per heavy atom. The predicted molar refractivity (Wildman–Crippen MR) is 85.3 cm³/mol. The first-order valence-corrected chi connectivity index (χ1v) is 7.48. The highest BCUT2D eigenvalue weighted by Crippen LogP contribution is 2.45. The predicted octanol–water partition coefficient (Wildman–Crippen LogP) is 2.02. The standard InChI is InChI=1S/C16H16F3N5O/c1-24(2)9-5-3-8(4-6-9)11-10(7-20)14(21)25-15-12(11)13(22-23-15)16(17,18)19/h3-6,11-12,15,23H,21H2,1-2H3/t11-,12+,15-/m0/s1. The van der Waals surface area contributed by atoms with Crippen LogP contribution >= 0.6 is 0 Å². The number of rotatable bonds is 2. The topological polar surface area (TPSA) is 86.7 Å². The largest absolute Gasteiger partial charge is 0.453 e. The van der Waals surface area contributed by atoms with Crippen LogP contribution in [0, 0.1) is 17.2 Å². The summed E-state index contributed by atoms with van der Waals surface area (Å²) in [7, 11) is 3.71. The average Bonchev–Trinajstić information content (AvgIpc) is 2.97. The van der Waals surface area contributed by atoms with Crippen molar-refractivity contribution in [2.45, 2.75) is 18.3 Å². The second kappa shape index (κ2) is 5.88. The van der Waals surface area contributed by atoms with E-state index < -0.39 is 30.0 Å². The first kappa shape index (κ1) is 17.0. The van der Waals surface area contributed by atoms with Crippen molar-refractivity contribution in [1.82, 2.24) is 5.43 Å². The van der Waals surface area contributed by atoms with E-state index in [2.05, 4.69) is 10.5 Å². The van der Waals surface area contributed by atoms with E-state index >= 15 is 0 Å². The first-order chi connectivity index (χ1) is 11.7. The Bertz CT molecular complexity index is 776. The van der Waals surface area contributed by atoms with Gasteiger partial charge in [-0.1, -0.05) is 12.1 Å². The van der Waals surface area contributed by atoms with Crippen LogP contribution < -0.4 is 16.1 Å². The minimum absolute atomic E-state index is 0.0282. The lowest BCUT2D eigenvalue weighted by molar-refractivity contribution is -0.0661. The molecule has 1 aromatic rings. The smallest absolute Gasteiger partial charge is 0.431 e. The van der Waals surface area contributed by atoms with Gasteiger partial charge in [0, 0.05) is 25.7 Å². The van der Waals surface area contributed by atoms with Gasteiger partial charge < -0.3 is 15.4 Å². The molecule has 132 valence electrons. The number of alkyl halides is 3. The van der Waals surface area contributed by atoms with Crippen molar-refractivity contribution < 1.29 is 17.9 Å². The molecular weight excluding hydrogens is 335 g/mol. The van der Waals surface area contributed by atoms with Crippen LogP contribution in [0.5, 0.6) is 0 Å². The number of benzene rings is 1. The number of allylic oxidation sites excluding steroid dienone is 1. The monoisotopic (exact) mass is 351 g/mol. The number of halogens is 3. The average molecular weight is 351 g/mol. The van der Waals surface area contributed by atoms with E-state index in [1.54, 1.807) is 24.3 Å². The number of nitriles is 1. The molecule has 3 rings (SSSR count). The van der Waals surface area contributed by atoms with Crippen LogP contribution in [0.1, 0.15) is 11.5 Å². The molecule has 2 aliphatic heterocycles. The molecule has 0 fully saturated rings. The normalized spacial score (nSPS) is 25.4. The zero-order valence-corrected chi connectivity index (χ0v) is 13.5. The molecule has 2 aliphatic rings. The zero-order chi connectivity index (χ0) is 18.4. The van der Waals surface area contributed by atoms with E-state index in [0.29, 0.717) is 5.56 Å². The highest BCUT2D eigenvalue weighted by atomic mass is 19.4. The van der Waals surface area contributed by atoms with Crippen molar-refractivity contribution in [3.8, 4) is 6.07 Å². The fourth-order valence-corrected chi connectivity index (χ4v) is 3.13. The van der Waals surface area contributed by atoms with Gasteiger partial charge >= 0.3 is 6.18 Å². The summed E-state index contributed by atoms with van der Waals surface area (Å²) < 4.78 is 45.3. The minimum atomic E-state index is -4.63. The molecule has 2 heterocycles. The van der Waals surface area contributed by atoms with E-state index in [0.717, 1.165) is 5.69 Å². The van der Waals surface area contributed by atoms with Crippen molar-refractivity contribution in [3.63, 3.8) is 0 Å². The molecule has 0 aliphatic carbocycles. The molecule has 6 nitrogen and oxygen atoms in total. The highest BCUT2D eigenvalue weighted by molar-refractivity contribution is 5.94. The van der Waals surface area contributed by atoms with E-state index in [-0.39, 0.29) is 11.5 Å². The van der Waals surface area contributed by atoms with Gasteiger partial charge in [0.25, 0.3) is 0 Å². The molecule has 25 heavy (non-hydrogen) atoms. The van der Waals surface area contributed by atoms with Crippen molar-refractivity contribution in [1.29, 1.82) is 5.26 Å². The summed E-state index contributed by atoms with van der Waals surface area (Å²) in [4.78, 5) is 1.87. The fraction of sp³-hybridized carbons (Fsp3) is 0.375. The second-order valence-electron chi connectivity index (χ2n) is 6.04. The lowest BCUT2D eigenvalue weighted by Crippen LogP contribution is -2.45. The molecule has 1 aromatic carbocycles. The molecule has 9 heteroatoms. The molecule has 0 spiro atoms. The summed E-state index contributed by atoms with van der Waals surface area (Å²) in [5.74, 6) is -2.26. The Morgan fingerprint density at radius 3 is 2.44 bits per heavy atom. The highest BCUT2D eigenvalue weighted by Gasteiger charge is 2.55. The van der Waals surface area contributed by atoms with Gasteiger partial charge in [0.1, 0.15) is 6.07 Å². The summed E-state index contributed by atoms with van der Waals surface area (Å²) in [6.07, 6.45) is -5.70. The van der Waals surface area contributed by atoms with Crippen molar-refractivity contribution in [3.05, 3.63) is 41.3 Å². The van der Waals surface area contributed by atoms with Crippen LogP contribution in [0.25, 0.3) is 0 Å². The zero-order valence-electron chi connectivity index (χ0n) is 13.5. The number of hydrazone groups is 1. The van der Waals surface area contributed by atoms with Crippen molar-refractivity contribution >= 4 is 11.4 Å². The molecule has 3 N–H and O–H groups in total. The third-order valence-corrected chi connectivity index (χ3v) is 4.32. The summed E-state index contributed by atoms with van der Waals surface area (Å²) in [5, 5.41) is 12.8. The molecule has 0 amide bonds.